The summed E-state index contributed by atoms with van der Waals surface area (Å²) < 4.78 is 5.72. The molecular formula is C14H21N3O4S. The maximum Gasteiger partial charge on any atom is 0.319 e. The summed E-state index contributed by atoms with van der Waals surface area (Å²) in [5, 5.41) is 14.7. The van der Waals surface area contributed by atoms with Crippen molar-refractivity contribution < 1.29 is 19.4 Å². The molecule has 0 saturated carbocycles. The Morgan fingerprint density at radius 1 is 1.50 bits per heavy atom. The van der Waals surface area contributed by atoms with Gasteiger partial charge in [-0.2, -0.15) is 0 Å². The van der Waals surface area contributed by atoms with Gasteiger partial charge in [0.25, 0.3) is 5.91 Å². The highest BCUT2D eigenvalue weighted by Crippen LogP contribution is 2.40. The van der Waals surface area contributed by atoms with Crippen LogP contribution in [0.4, 0.5) is 9.80 Å². The molecule has 3 amide bonds. The van der Waals surface area contributed by atoms with Crippen molar-refractivity contribution in [1.82, 2.24) is 5.32 Å². The maximum atomic E-state index is 11.8. The van der Waals surface area contributed by atoms with Gasteiger partial charge in [0, 0.05) is 17.8 Å². The second kappa shape index (κ2) is 6.23. The molecule has 22 heavy (non-hydrogen) atoms. The molecular weight excluding hydrogens is 306 g/mol. The first kappa shape index (κ1) is 16.7. The van der Waals surface area contributed by atoms with Crippen LogP contribution in [0.2, 0.25) is 0 Å². The van der Waals surface area contributed by atoms with E-state index in [9.17, 15) is 9.59 Å². The molecule has 1 aliphatic heterocycles. The van der Waals surface area contributed by atoms with Crippen LogP contribution < -0.4 is 16.4 Å². The Kier molecular flexibility index (Phi) is 4.74. The normalized spacial score (nSPS) is 17.5. The van der Waals surface area contributed by atoms with Crippen molar-refractivity contribution in [3.63, 3.8) is 0 Å². The van der Waals surface area contributed by atoms with Gasteiger partial charge in [-0.05, 0) is 26.3 Å². The zero-order valence-corrected chi connectivity index (χ0v) is 13.7. The van der Waals surface area contributed by atoms with E-state index >= 15 is 0 Å². The number of carbonyl (C=O) groups excluding carboxylic acids is 2. The summed E-state index contributed by atoms with van der Waals surface area (Å²) in [5.41, 5.74) is 6.31. The van der Waals surface area contributed by atoms with Crippen molar-refractivity contribution in [1.29, 1.82) is 0 Å². The first-order valence-corrected chi connectivity index (χ1v) is 7.82. The number of aliphatic hydroxyl groups is 1. The summed E-state index contributed by atoms with van der Waals surface area (Å²) in [7, 11) is 0. The lowest BCUT2D eigenvalue weighted by Crippen LogP contribution is -2.34. The molecule has 0 unspecified atom stereocenters. The van der Waals surface area contributed by atoms with Crippen LogP contribution in [0.25, 0.3) is 0 Å². The van der Waals surface area contributed by atoms with Gasteiger partial charge in [-0.3, -0.25) is 10.1 Å². The minimum Gasteiger partial charge on any atom is -0.392 e. The first-order chi connectivity index (χ1) is 10.2. The molecule has 122 valence electrons. The van der Waals surface area contributed by atoms with Gasteiger partial charge in [0.2, 0.25) is 0 Å². The molecule has 0 bridgehead atoms. The lowest BCUT2D eigenvalue weighted by atomic mass is 9.93. The van der Waals surface area contributed by atoms with E-state index in [1.807, 2.05) is 13.8 Å². The van der Waals surface area contributed by atoms with E-state index in [0.29, 0.717) is 23.6 Å². The number of aliphatic hydroxyl groups excluding tert-OH is 1. The third-order valence-electron chi connectivity index (χ3n) is 3.32. The lowest BCUT2D eigenvalue weighted by molar-refractivity contribution is -0.0383. The Bertz CT molecular complexity index is 595. The minimum absolute atomic E-state index is 0.124. The SMILES string of the molecule is C[C@H](O)CNC(=O)Nc1sc2c(c1C(N)=O)CC(C)(C)OC2. The van der Waals surface area contributed by atoms with Crippen LogP contribution in [0, 0.1) is 0 Å². The predicted molar refractivity (Wildman–Crippen MR) is 84.1 cm³/mol. The highest BCUT2D eigenvalue weighted by molar-refractivity contribution is 7.17. The van der Waals surface area contributed by atoms with E-state index in [-0.39, 0.29) is 12.1 Å². The Hall–Kier alpha value is -1.64. The van der Waals surface area contributed by atoms with Gasteiger partial charge >= 0.3 is 6.03 Å². The number of rotatable bonds is 4. The number of nitrogens with one attached hydrogen (secondary N) is 2. The number of carbonyl (C=O) groups is 2. The third kappa shape index (κ3) is 3.76. The fourth-order valence-electron chi connectivity index (χ4n) is 2.29. The molecule has 0 radical (unpaired) electrons. The number of ether oxygens (including phenoxy) is 1. The van der Waals surface area contributed by atoms with E-state index in [4.69, 9.17) is 15.6 Å². The highest BCUT2D eigenvalue weighted by atomic mass is 32.1. The van der Waals surface area contributed by atoms with Crippen LogP contribution in [0.3, 0.4) is 0 Å². The number of hydrogen-bond acceptors (Lipinski definition) is 5. The minimum atomic E-state index is -0.646. The van der Waals surface area contributed by atoms with Crippen molar-refractivity contribution in [2.24, 2.45) is 5.73 Å². The fraction of sp³-hybridized carbons (Fsp3) is 0.571. The average Bonchev–Trinajstić information content (AvgIpc) is 2.72. The van der Waals surface area contributed by atoms with E-state index in [1.54, 1.807) is 6.92 Å². The molecule has 0 spiro atoms. The number of amides is 3. The molecule has 5 N–H and O–H groups in total. The van der Waals surface area contributed by atoms with Gasteiger partial charge in [-0.1, -0.05) is 0 Å². The molecule has 2 heterocycles. The Balaban J connectivity index is 2.24. The number of nitrogens with two attached hydrogens (primary N) is 1. The molecule has 0 aromatic carbocycles. The van der Waals surface area contributed by atoms with Gasteiger partial charge in [0.15, 0.2) is 0 Å². The highest BCUT2D eigenvalue weighted by Gasteiger charge is 2.33. The molecule has 7 nitrogen and oxygen atoms in total. The van der Waals surface area contributed by atoms with Crippen LogP contribution >= 0.6 is 11.3 Å². The van der Waals surface area contributed by atoms with Gasteiger partial charge in [-0.15, -0.1) is 11.3 Å². The van der Waals surface area contributed by atoms with Gasteiger partial charge in [0.05, 0.1) is 23.9 Å². The zero-order valence-electron chi connectivity index (χ0n) is 12.9. The summed E-state index contributed by atoms with van der Waals surface area (Å²) in [4.78, 5) is 24.5. The zero-order chi connectivity index (χ0) is 16.5. The quantitative estimate of drug-likeness (QED) is 0.665. The number of urea groups is 1. The predicted octanol–water partition coefficient (Wildman–Crippen LogP) is 1.20. The van der Waals surface area contributed by atoms with Crippen molar-refractivity contribution in [2.45, 2.75) is 45.5 Å². The van der Waals surface area contributed by atoms with Crippen LogP contribution in [0.5, 0.6) is 0 Å². The number of fused-ring (bicyclic) bond motifs is 1. The van der Waals surface area contributed by atoms with E-state index in [1.165, 1.54) is 11.3 Å². The average molecular weight is 327 g/mol. The molecule has 1 aromatic rings. The first-order valence-electron chi connectivity index (χ1n) is 7.01. The number of primary amides is 1. The van der Waals surface area contributed by atoms with Crippen molar-refractivity contribution in [2.75, 3.05) is 11.9 Å². The molecule has 2 rings (SSSR count). The Morgan fingerprint density at radius 3 is 2.77 bits per heavy atom. The van der Waals surface area contributed by atoms with Crippen molar-refractivity contribution in [3.8, 4) is 0 Å². The van der Waals surface area contributed by atoms with E-state index in [0.717, 1.165) is 10.4 Å². The summed E-state index contributed by atoms with van der Waals surface area (Å²) in [6.07, 6.45) is -0.0826. The van der Waals surface area contributed by atoms with E-state index < -0.39 is 18.0 Å². The number of anilines is 1. The van der Waals surface area contributed by atoms with Gasteiger partial charge in [0.1, 0.15) is 5.00 Å². The topological polar surface area (TPSA) is 114 Å². The van der Waals surface area contributed by atoms with E-state index in [2.05, 4.69) is 10.6 Å². The maximum absolute atomic E-state index is 11.8. The molecule has 1 atom stereocenters. The second-order valence-corrected chi connectivity index (χ2v) is 7.09. The van der Waals surface area contributed by atoms with Gasteiger partial charge in [-0.25, -0.2) is 4.79 Å². The van der Waals surface area contributed by atoms with Gasteiger partial charge < -0.3 is 20.9 Å². The molecule has 1 aromatic heterocycles. The lowest BCUT2D eigenvalue weighted by Gasteiger charge is -2.30. The monoisotopic (exact) mass is 327 g/mol. The van der Waals surface area contributed by atoms with Crippen LogP contribution in [-0.4, -0.2) is 35.3 Å². The number of thiophene rings is 1. The Morgan fingerprint density at radius 2 is 2.18 bits per heavy atom. The molecule has 8 heteroatoms. The van der Waals surface area contributed by atoms with Crippen LogP contribution in [0.1, 0.15) is 41.6 Å². The third-order valence-corrected chi connectivity index (χ3v) is 4.44. The summed E-state index contributed by atoms with van der Waals surface area (Å²) in [6, 6.07) is -0.484. The fourth-order valence-corrected chi connectivity index (χ4v) is 3.42. The van der Waals surface area contributed by atoms with Crippen molar-refractivity contribution >= 4 is 28.3 Å². The summed E-state index contributed by atoms with van der Waals surface area (Å²) in [6.45, 7) is 5.98. The van der Waals surface area contributed by atoms with Crippen molar-refractivity contribution in [3.05, 3.63) is 16.0 Å². The van der Waals surface area contributed by atoms with Crippen LogP contribution in [0.15, 0.2) is 0 Å². The largest absolute Gasteiger partial charge is 0.392 e. The summed E-state index contributed by atoms with van der Waals surface area (Å²) >= 11 is 1.29. The standard InChI is InChI=1S/C14H21N3O4S/c1-7(18)5-16-13(20)17-12-10(11(15)19)8-4-14(2,3)21-6-9(8)22-12/h7,18H,4-6H2,1-3H3,(H2,15,19)(H2,16,17,20)/t7-/m0/s1. The number of hydrogen-bond donors (Lipinski definition) is 4. The molecule has 1 aliphatic rings. The molecule has 0 fully saturated rings. The molecule has 0 saturated heterocycles. The molecule has 0 aliphatic carbocycles. The Labute approximate surface area is 132 Å². The smallest absolute Gasteiger partial charge is 0.319 e. The van der Waals surface area contributed by atoms with Crippen LogP contribution in [-0.2, 0) is 17.8 Å². The summed E-state index contributed by atoms with van der Waals surface area (Å²) in [5.74, 6) is -0.568. The second-order valence-electron chi connectivity index (χ2n) is 5.98.